The van der Waals surface area contributed by atoms with Crippen LogP contribution in [-0.2, 0) is 10.0 Å². The molecule has 0 aromatic rings. The van der Waals surface area contributed by atoms with Gasteiger partial charge in [0.15, 0.2) is 0 Å². The van der Waals surface area contributed by atoms with Crippen molar-refractivity contribution in [1.29, 1.82) is 0 Å². The first-order valence-corrected chi connectivity index (χ1v) is 7.13. The molecule has 0 aromatic heterocycles. The molecule has 0 heterocycles. The molecule has 1 saturated carbocycles. The van der Waals surface area contributed by atoms with Gasteiger partial charge in [-0.15, -0.1) is 0 Å². The number of nitrogens with two attached hydrogens (primary N) is 1. The van der Waals surface area contributed by atoms with Crippen molar-refractivity contribution in [3.05, 3.63) is 0 Å². The Labute approximate surface area is 99.0 Å². The first kappa shape index (κ1) is 14.7. The smallest absolute Gasteiger partial charge is 0.329 e. The number of sulfonamides is 1. The molecule has 0 aromatic carbocycles. The molecule has 2 N–H and O–H groups in total. The number of halogens is 3. The molecular formula is C9H17F3N2O2S. The Bertz CT molecular complexity index is 339. The predicted molar refractivity (Wildman–Crippen MR) is 57.9 cm³/mol. The van der Waals surface area contributed by atoms with Crippen LogP contribution >= 0.6 is 0 Å². The van der Waals surface area contributed by atoms with Gasteiger partial charge in [0.2, 0.25) is 10.0 Å². The van der Waals surface area contributed by atoms with E-state index < -0.39 is 28.4 Å². The van der Waals surface area contributed by atoms with E-state index in [1.165, 1.54) is 4.31 Å². The summed E-state index contributed by atoms with van der Waals surface area (Å²) in [5.41, 5.74) is 5.30. The zero-order chi connectivity index (χ0) is 13.1. The lowest BCUT2D eigenvalue weighted by molar-refractivity contribution is -0.134. The highest BCUT2D eigenvalue weighted by Crippen LogP contribution is 2.30. The number of alkyl halides is 3. The average molecular weight is 274 g/mol. The van der Waals surface area contributed by atoms with E-state index >= 15 is 0 Å². The van der Waals surface area contributed by atoms with Crippen molar-refractivity contribution in [2.75, 3.05) is 18.8 Å². The second kappa shape index (κ2) is 5.53. The fourth-order valence-corrected chi connectivity index (χ4v) is 3.40. The van der Waals surface area contributed by atoms with E-state index in [2.05, 4.69) is 0 Å². The van der Waals surface area contributed by atoms with E-state index in [0.717, 1.165) is 12.8 Å². The Morgan fingerprint density at radius 1 is 1.29 bits per heavy atom. The maximum absolute atomic E-state index is 11.9. The van der Waals surface area contributed by atoms with Gasteiger partial charge >= 0.3 is 6.18 Å². The van der Waals surface area contributed by atoms with Gasteiger partial charge < -0.3 is 5.73 Å². The molecule has 8 heteroatoms. The highest BCUT2D eigenvalue weighted by molar-refractivity contribution is 7.89. The number of rotatable bonds is 7. The summed E-state index contributed by atoms with van der Waals surface area (Å²) in [5, 5.41) is 0. The van der Waals surface area contributed by atoms with Gasteiger partial charge in [0.25, 0.3) is 0 Å². The van der Waals surface area contributed by atoms with Crippen LogP contribution in [0.4, 0.5) is 13.2 Å². The van der Waals surface area contributed by atoms with Crippen LogP contribution < -0.4 is 5.73 Å². The molecule has 0 atom stereocenters. The summed E-state index contributed by atoms with van der Waals surface area (Å²) >= 11 is 0. The number of hydrogen-bond acceptors (Lipinski definition) is 3. The third-order valence-electron chi connectivity index (χ3n) is 2.52. The Hall–Kier alpha value is -0.340. The lowest BCUT2D eigenvalue weighted by Crippen LogP contribution is -2.38. The molecule has 17 heavy (non-hydrogen) atoms. The van der Waals surface area contributed by atoms with Crippen LogP contribution in [0.15, 0.2) is 0 Å². The highest BCUT2D eigenvalue weighted by Gasteiger charge is 2.37. The molecule has 1 rings (SSSR count). The van der Waals surface area contributed by atoms with Crippen LogP contribution in [0.2, 0.25) is 0 Å². The molecule has 0 bridgehead atoms. The van der Waals surface area contributed by atoms with E-state index in [4.69, 9.17) is 5.73 Å². The summed E-state index contributed by atoms with van der Waals surface area (Å²) in [6.45, 7) is 0.383. The second-order valence-electron chi connectivity index (χ2n) is 4.17. The summed E-state index contributed by atoms with van der Waals surface area (Å²) in [5.74, 6) is -0.455. The molecule has 0 spiro atoms. The van der Waals surface area contributed by atoms with Gasteiger partial charge in [-0.3, -0.25) is 0 Å². The van der Waals surface area contributed by atoms with Crippen molar-refractivity contribution in [2.24, 2.45) is 5.73 Å². The Morgan fingerprint density at radius 3 is 2.29 bits per heavy atom. The summed E-state index contributed by atoms with van der Waals surface area (Å²) in [6, 6.07) is -0.0468. The molecule has 0 unspecified atom stereocenters. The van der Waals surface area contributed by atoms with Crippen LogP contribution in [-0.4, -0.2) is 43.8 Å². The minimum atomic E-state index is -4.30. The third kappa shape index (κ3) is 5.22. The highest BCUT2D eigenvalue weighted by atomic mass is 32.2. The summed E-state index contributed by atoms with van der Waals surface area (Å²) < 4.78 is 60.6. The monoisotopic (exact) mass is 274 g/mol. The topological polar surface area (TPSA) is 63.4 Å². The number of nitrogens with zero attached hydrogens (tertiary/aromatic N) is 1. The zero-order valence-corrected chi connectivity index (χ0v) is 10.2. The first-order chi connectivity index (χ1) is 7.76. The first-order valence-electron chi connectivity index (χ1n) is 5.52. The SMILES string of the molecule is NCCN(C1CC1)S(=O)(=O)CCCC(F)(F)F. The van der Waals surface area contributed by atoms with Crippen molar-refractivity contribution in [2.45, 2.75) is 37.9 Å². The van der Waals surface area contributed by atoms with Gasteiger partial charge in [-0.05, 0) is 19.3 Å². The van der Waals surface area contributed by atoms with Gasteiger partial charge in [-0.2, -0.15) is 17.5 Å². The van der Waals surface area contributed by atoms with Crippen LogP contribution in [0.5, 0.6) is 0 Å². The van der Waals surface area contributed by atoms with Crippen molar-refractivity contribution in [3.8, 4) is 0 Å². The molecule has 0 saturated heterocycles. The van der Waals surface area contributed by atoms with Crippen LogP contribution in [0, 0.1) is 0 Å². The van der Waals surface area contributed by atoms with Crippen LogP contribution in [0.3, 0.4) is 0 Å². The Balaban J connectivity index is 2.48. The minimum Gasteiger partial charge on any atom is -0.329 e. The van der Waals surface area contributed by atoms with E-state index in [9.17, 15) is 21.6 Å². The quantitative estimate of drug-likeness (QED) is 0.755. The summed E-state index contributed by atoms with van der Waals surface area (Å²) in [4.78, 5) is 0. The van der Waals surface area contributed by atoms with E-state index in [-0.39, 0.29) is 25.6 Å². The standard InChI is InChI=1S/C9H17F3N2O2S/c10-9(11,12)4-1-7-17(15,16)14(6-5-13)8-2-3-8/h8H,1-7,13H2. The van der Waals surface area contributed by atoms with Crippen LogP contribution in [0.1, 0.15) is 25.7 Å². The van der Waals surface area contributed by atoms with Crippen molar-refractivity contribution in [1.82, 2.24) is 4.31 Å². The van der Waals surface area contributed by atoms with Gasteiger partial charge in [-0.1, -0.05) is 0 Å². The lowest BCUT2D eigenvalue weighted by Gasteiger charge is -2.21. The molecule has 1 aliphatic carbocycles. The molecular weight excluding hydrogens is 257 g/mol. The summed E-state index contributed by atoms with van der Waals surface area (Å²) in [7, 11) is -3.59. The molecule has 0 radical (unpaired) electrons. The summed E-state index contributed by atoms with van der Waals surface area (Å²) in [6.07, 6.45) is -4.20. The molecule has 1 fully saturated rings. The van der Waals surface area contributed by atoms with Gasteiger partial charge in [0.05, 0.1) is 5.75 Å². The van der Waals surface area contributed by atoms with Crippen LogP contribution in [0.25, 0.3) is 0 Å². The normalized spacial score (nSPS) is 17.7. The van der Waals surface area contributed by atoms with E-state index in [1.54, 1.807) is 0 Å². The predicted octanol–water partition coefficient (Wildman–Crippen LogP) is 1.08. The van der Waals surface area contributed by atoms with Gasteiger partial charge in [-0.25, -0.2) is 8.42 Å². The van der Waals surface area contributed by atoms with E-state index in [0.29, 0.717) is 0 Å². The maximum Gasteiger partial charge on any atom is 0.389 e. The largest absolute Gasteiger partial charge is 0.389 e. The van der Waals surface area contributed by atoms with E-state index in [1.807, 2.05) is 0 Å². The Morgan fingerprint density at radius 2 is 1.88 bits per heavy atom. The van der Waals surface area contributed by atoms with Crippen molar-refractivity contribution >= 4 is 10.0 Å². The van der Waals surface area contributed by atoms with Gasteiger partial charge in [0, 0.05) is 25.6 Å². The van der Waals surface area contributed by atoms with Gasteiger partial charge in [0.1, 0.15) is 0 Å². The fourth-order valence-electron chi connectivity index (χ4n) is 1.61. The third-order valence-corrected chi connectivity index (χ3v) is 4.52. The second-order valence-corrected chi connectivity index (χ2v) is 6.21. The number of hydrogen-bond donors (Lipinski definition) is 1. The molecule has 1 aliphatic rings. The molecule has 102 valence electrons. The zero-order valence-electron chi connectivity index (χ0n) is 9.41. The molecule has 0 amide bonds. The molecule has 0 aliphatic heterocycles. The maximum atomic E-state index is 11.9. The lowest BCUT2D eigenvalue weighted by atomic mass is 10.3. The molecule has 4 nitrogen and oxygen atoms in total. The minimum absolute atomic E-state index is 0.0468. The average Bonchev–Trinajstić information content (AvgIpc) is 2.94. The van der Waals surface area contributed by atoms with Crippen molar-refractivity contribution in [3.63, 3.8) is 0 Å². The van der Waals surface area contributed by atoms with Crippen molar-refractivity contribution < 1.29 is 21.6 Å². The Kier molecular flexibility index (Phi) is 4.79. The fraction of sp³-hybridized carbons (Fsp3) is 1.00.